The van der Waals surface area contributed by atoms with Gasteiger partial charge in [0.1, 0.15) is 36.3 Å². The molecule has 316 valence electrons. The second kappa shape index (κ2) is 22.0. The van der Waals surface area contributed by atoms with E-state index in [-0.39, 0.29) is 96.2 Å². The predicted molar refractivity (Wildman–Crippen MR) is 182 cm³/mol. The summed E-state index contributed by atoms with van der Waals surface area (Å²) >= 11 is 0.919. The number of nitrogens with two attached hydrogens (primary N) is 1. The third-order valence-electron chi connectivity index (χ3n) is 7.52. The molecule has 8 atom stereocenters. The van der Waals surface area contributed by atoms with Crippen LogP contribution in [0.5, 0.6) is 0 Å². The molecule has 0 aliphatic carbocycles. The number of fused-ring (bicyclic) bond motifs is 1. The molecule has 0 saturated carbocycles. The first kappa shape index (κ1) is 51.2. The van der Waals surface area contributed by atoms with Gasteiger partial charge in [-0.05, 0) is 6.42 Å². The fourth-order valence-corrected chi connectivity index (χ4v) is 8.20. The molecule has 57 heavy (non-hydrogen) atoms. The van der Waals surface area contributed by atoms with Gasteiger partial charge in [-0.2, -0.15) is 0 Å². The summed E-state index contributed by atoms with van der Waals surface area (Å²) in [6.07, 6.45) is -7.41. The van der Waals surface area contributed by atoms with Crippen LogP contribution in [0.25, 0.3) is 11.2 Å². The van der Waals surface area contributed by atoms with Gasteiger partial charge in [-0.3, -0.25) is 37.4 Å². The number of imidazole rings is 1. The number of nitrogens with one attached hydrogen (secondary N) is 2. The van der Waals surface area contributed by atoms with E-state index in [0.29, 0.717) is 0 Å². The van der Waals surface area contributed by atoms with Crippen LogP contribution in [0, 0.1) is 5.41 Å². The van der Waals surface area contributed by atoms with Gasteiger partial charge in [0.2, 0.25) is 11.8 Å². The molecular formula is C26H39N7NaO19P3S-2. The molecule has 31 heteroatoms. The minimum atomic E-state index is -5.91. The Morgan fingerprint density at radius 2 is 1.72 bits per heavy atom. The van der Waals surface area contributed by atoms with Crippen LogP contribution in [0.4, 0.5) is 5.82 Å². The normalized spacial score (nSPS) is 22.0. The Morgan fingerprint density at radius 3 is 2.37 bits per heavy atom. The topological polar surface area (TPSA) is 409 Å². The minimum absolute atomic E-state index is 0. The summed E-state index contributed by atoms with van der Waals surface area (Å²) in [6, 6.07) is 0. The first-order chi connectivity index (χ1) is 25.9. The number of hydrogen-bond acceptors (Lipinski definition) is 22. The van der Waals surface area contributed by atoms with E-state index in [1.807, 2.05) is 0 Å². The average Bonchev–Trinajstić information content (AvgIpc) is 3.64. The minimum Gasteiger partial charge on any atom is -0.756 e. The van der Waals surface area contributed by atoms with Gasteiger partial charge < -0.3 is 69.6 Å². The Kier molecular flexibility index (Phi) is 19.8. The maximum Gasteiger partial charge on any atom is 1.00 e. The molecule has 3 heterocycles. The van der Waals surface area contributed by atoms with E-state index in [9.17, 15) is 62.7 Å². The number of aliphatic carboxylic acids is 1. The third-order valence-corrected chi connectivity index (χ3v) is 11.5. The number of phosphoric acid groups is 3. The molecule has 8 unspecified atom stereocenters. The maximum absolute atomic E-state index is 12.5. The maximum atomic E-state index is 12.5. The number of nitrogens with zero attached hydrogens (tertiary/aromatic N) is 4. The van der Waals surface area contributed by atoms with E-state index in [1.54, 1.807) is 0 Å². The van der Waals surface area contributed by atoms with E-state index >= 15 is 0 Å². The van der Waals surface area contributed by atoms with Gasteiger partial charge in [0.25, 0.3) is 23.5 Å². The van der Waals surface area contributed by atoms with Crippen LogP contribution in [0.15, 0.2) is 12.7 Å². The largest absolute Gasteiger partial charge is 1.00 e. The predicted octanol–water partition coefficient (Wildman–Crippen LogP) is -5.97. The molecule has 1 aliphatic heterocycles. The first-order valence-corrected chi connectivity index (χ1v) is 21.5. The van der Waals surface area contributed by atoms with Crippen LogP contribution in [0.2, 0.25) is 0 Å². The second-order valence-electron chi connectivity index (χ2n) is 12.5. The molecule has 1 fully saturated rings. The Bertz CT molecular complexity index is 1870. The number of carboxylic acid groups (broad SMARTS) is 1. The van der Waals surface area contributed by atoms with Crippen molar-refractivity contribution in [3.8, 4) is 0 Å². The number of carboxylic acids is 1. The summed E-state index contributed by atoms with van der Waals surface area (Å²) < 4.78 is 60.7. The SMILES string of the molecule is CC(C)(COP(=O)([O-])OP(=O)([O-])OCC1OC(n2cnc3c(N)ncnc32)C(O)C1OP(=O)([O-])O)C(O)C(=O)NCCC(=O)NCCSC(=O)CCCC(=O)O.[Na+]. The Labute approximate surface area is 349 Å². The van der Waals surface area contributed by atoms with Crippen molar-refractivity contribution in [1.82, 2.24) is 30.2 Å². The number of nitrogen functional groups attached to an aromatic ring is 1. The number of anilines is 1. The molecule has 26 nitrogen and oxygen atoms in total. The molecule has 1 saturated heterocycles. The molecule has 0 bridgehead atoms. The van der Waals surface area contributed by atoms with Crippen LogP contribution in [-0.4, -0.2) is 119 Å². The fraction of sp³-hybridized carbons (Fsp3) is 0.654. The molecule has 3 rings (SSSR count). The van der Waals surface area contributed by atoms with Gasteiger partial charge in [0, 0.05) is 43.5 Å². The van der Waals surface area contributed by atoms with E-state index in [2.05, 4.69) is 43.5 Å². The van der Waals surface area contributed by atoms with Gasteiger partial charge >= 0.3 is 35.5 Å². The van der Waals surface area contributed by atoms with Gasteiger partial charge in [0.15, 0.2) is 22.8 Å². The van der Waals surface area contributed by atoms with Crippen molar-refractivity contribution in [2.45, 2.75) is 70.2 Å². The van der Waals surface area contributed by atoms with Gasteiger partial charge in [-0.15, -0.1) is 0 Å². The number of amides is 2. The van der Waals surface area contributed by atoms with Gasteiger partial charge in [0.05, 0.1) is 19.5 Å². The number of phosphoric ester groups is 3. The van der Waals surface area contributed by atoms with E-state index in [4.69, 9.17) is 15.6 Å². The molecule has 2 amide bonds. The van der Waals surface area contributed by atoms with E-state index in [1.165, 1.54) is 13.8 Å². The zero-order chi connectivity index (χ0) is 42.1. The molecular weight excluding hydrogens is 862 g/mol. The zero-order valence-electron chi connectivity index (χ0n) is 30.4. The average molecular weight is 902 g/mol. The van der Waals surface area contributed by atoms with Gasteiger partial charge in [-0.1, -0.05) is 25.6 Å². The number of hydrogen-bond donors (Lipinski definition) is 7. The number of carbonyl (C=O) groups excluding carboxylic acids is 3. The summed E-state index contributed by atoms with van der Waals surface area (Å²) in [4.78, 5) is 104. The van der Waals surface area contributed by atoms with Crippen LogP contribution < -0.4 is 60.6 Å². The molecule has 1 aliphatic rings. The standard InChI is InChI=1S/C26H42N7O19P3S.Na/c1-26(2,21(39)24(40)29-7-6-15(34)28-8-9-56-17(37)5-3-4-16(35)36)11-49-55(46,47)52-54(44,45)48-10-14-20(51-53(41,42)43)19(38)25(50-14)33-13-32-18-22(27)30-12-31-23(18)33;/h12-14,19-21,25,38-39H,3-11H2,1-2H3,(H,28,34)(H,29,40)(H,35,36)(H,44,45)(H,46,47)(H2,27,30,31)(H2,41,42,43);/q;+1/p-3. The summed E-state index contributed by atoms with van der Waals surface area (Å²) in [5.74, 6) is -2.43. The van der Waals surface area contributed by atoms with Crippen molar-refractivity contribution in [2.24, 2.45) is 5.41 Å². The van der Waals surface area contributed by atoms with Crippen molar-refractivity contribution >= 4 is 75.1 Å². The Morgan fingerprint density at radius 1 is 1.05 bits per heavy atom. The molecule has 8 N–H and O–H groups in total. The molecule has 2 aromatic heterocycles. The van der Waals surface area contributed by atoms with Crippen molar-refractivity contribution in [2.75, 3.05) is 37.8 Å². The van der Waals surface area contributed by atoms with E-state index in [0.717, 1.165) is 29.0 Å². The van der Waals surface area contributed by atoms with Crippen molar-refractivity contribution in [3.63, 3.8) is 0 Å². The quantitative estimate of drug-likeness (QED) is 0.0310. The number of ether oxygens (including phenoxy) is 1. The number of rotatable bonds is 23. The summed E-state index contributed by atoms with van der Waals surface area (Å²) in [5.41, 5.74) is 4.06. The number of carbonyl (C=O) groups is 4. The van der Waals surface area contributed by atoms with Crippen LogP contribution in [0.3, 0.4) is 0 Å². The molecule has 0 radical (unpaired) electrons. The molecule has 0 spiro atoms. The van der Waals surface area contributed by atoms with Crippen molar-refractivity contribution in [1.29, 1.82) is 0 Å². The number of aromatic nitrogens is 4. The fourth-order valence-electron chi connectivity index (χ4n) is 4.73. The summed E-state index contributed by atoms with van der Waals surface area (Å²) in [7, 11) is -17.4. The Hall–Kier alpha value is -1.97. The molecule has 0 aromatic carbocycles. The second-order valence-corrected chi connectivity index (χ2v) is 17.7. The van der Waals surface area contributed by atoms with Crippen molar-refractivity contribution in [3.05, 3.63) is 12.7 Å². The monoisotopic (exact) mass is 901 g/mol. The third kappa shape index (κ3) is 16.5. The van der Waals surface area contributed by atoms with Crippen LogP contribution in [-0.2, 0) is 55.5 Å². The summed E-state index contributed by atoms with van der Waals surface area (Å²) in [6.45, 7) is -0.0763. The van der Waals surface area contributed by atoms with Crippen LogP contribution in [0.1, 0.15) is 45.8 Å². The van der Waals surface area contributed by atoms with Crippen molar-refractivity contribution < 1.29 is 120 Å². The zero-order valence-corrected chi connectivity index (χ0v) is 35.9. The van der Waals surface area contributed by atoms with Crippen LogP contribution >= 0.6 is 35.2 Å². The smallest absolute Gasteiger partial charge is 0.756 e. The Balaban J connectivity index is 0.0000112. The number of thioether (sulfide) groups is 1. The van der Waals surface area contributed by atoms with Gasteiger partial charge in [-0.25, -0.2) is 19.3 Å². The first-order valence-electron chi connectivity index (χ1n) is 16.1. The van der Waals surface area contributed by atoms with E-state index < -0.39 is 90.5 Å². The number of aliphatic hydroxyl groups excluding tert-OH is 2. The number of aliphatic hydroxyl groups is 2. The summed E-state index contributed by atoms with van der Waals surface area (Å²) in [5, 5.41) is 34.4. The molecule has 2 aromatic rings.